The van der Waals surface area contributed by atoms with E-state index < -0.39 is 33.3 Å². The molecule has 1 aromatic carbocycles. The van der Waals surface area contributed by atoms with Gasteiger partial charge in [0.25, 0.3) is 0 Å². The first-order valence-electron chi connectivity index (χ1n) is 3.75. The van der Waals surface area contributed by atoms with Gasteiger partial charge in [-0.2, -0.15) is 8.78 Å². The fourth-order valence-electron chi connectivity index (χ4n) is 1.32. The van der Waals surface area contributed by atoms with Crippen molar-refractivity contribution in [2.45, 2.75) is 6.11 Å². The third-order valence-corrected chi connectivity index (χ3v) is 3.79. The molecule has 0 unspecified atom stereocenters. The van der Waals surface area contributed by atoms with Crippen molar-refractivity contribution in [3.63, 3.8) is 0 Å². The first kappa shape index (κ1) is 12.2. The molecular formula is C8Cl4F2O2. The van der Waals surface area contributed by atoms with Gasteiger partial charge in [-0.3, -0.25) is 0 Å². The predicted molar refractivity (Wildman–Crippen MR) is 55.8 cm³/mol. The molecule has 0 bridgehead atoms. The van der Waals surface area contributed by atoms with Gasteiger partial charge >= 0.3 is 12.1 Å². The highest BCUT2D eigenvalue weighted by Gasteiger charge is 2.51. The van der Waals surface area contributed by atoms with Crippen LogP contribution >= 0.6 is 46.4 Å². The van der Waals surface area contributed by atoms with Gasteiger partial charge in [0.2, 0.25) is 0 Å². The zero-order valence-electron chi connectivity index (χ0n) is 7.08. The number of benzene rings is 1. The molecule has 0 spiro atoms. The maximum Gasteiger partial charge on any atom is 0.431 e. The van der Waals surface area contributed by atoms with E-state index in [2.05, 4.69) is 4.74 Å². The van der Waals surface area contributed by atoms with Gasteiger partial charge in [-0.05, 0) is 0 Å². The number of cyclic esters (lactones) is 1. The van der Waals surface area contributed by atoms with E-state index in [4.69, 9.17) is 46.4 Å². The van der Waals surface area contributed by atoms with Crippen LogP contribution in [-0.2, 0) is 10.8 Å². The molecule has 8 heteroatoms. The fraction of sp³-hybridized carbons (Fsp3) is 0.125. The second-order valence-electron chi connectivity index (χ2n) is 2.91. The Morgan fingerprint density at radius 2 is 1.44 bits per heavy atom. The zero-order chi connectivity index (χ0) is 12.2. The first-order valence-corrected chi connectivity index (χ1v) is 5.26. The summed E-state index contributed by atoms with van der Waals surface area (Å²) >= 11 is 22.4. The molecule has 0 aliphatic carbocycles. The number of rotatable bonds is 0. The van der Waals surface area contributed by atoms with Crippen molar-refractivity contribution in [1.29, 1.82) is 0 Å². The minimum atomic E-state index is -3.85. The molecule has 2 nitrogen and oxygen atoms in total. The summed E-state index contributed by atoms with van der Waals surface area (Å²) in [6.07, 6.45) is -3.85. The van der Waals surface area contributed by atoms with Gasteiger partial charge in [-0.25, -0.2) is 4.79 Å². The van der Waals surface area contributed by atoms with Crippen LogP contribution in [-0.4, -0.2) is 5.97 Å². The Labute approximate surface area is 108 Å². The zero-order valence-corrected chi connectivity index (χ0v) is 10.1. The SMILES string of the molecule is O=C1OC(F)(F)c2c(Cl)c(Cl)c(Cl)c(Cl)c21. The van der Waals surface area contributed by atoms with Crippen LogP contribution in [0, 0.1) is 0 Å². The lowest BCUT2D eigenvalue weighted by Gasteiger charge is -2.11. The third kappa shape index (κ3) is 1.48. The van der Waals surface area contributed by atoms with Gasteiger partial charge < -0.3 is 4.74 Å². The summed E-state index contributed by atoms with van der Waals surface area (Å²) in [4.78, 5) is 11.2. The third-order valence-electron chi connectivity index (χ3n) is 1.98. The van der Waals surface area contributed by atoms with Crippen LogP contribution in [0.1, 0.15) is 15.9 Å². The van der Waals surface area contributed by atoms with Crippen LogP contribution in [0.4, 0.5) is 8.78 Å². The molecule has 2 rings (SSSR count). The minimum absolute atomic E-state index is 0.262. The number of carbonyl (C=O) groups excluding carboxylic acids is 1. The van der Waals surface area contributed by atoms with E-state index in [1.807, 2.05) is 0 Å². The number of carbonyl (C=O) groups is 1. The number of fused-ring (bicyclic) bond motifs is 1. The second-order valence-corrected chi connectivity index (χ2v) is 4.42. The molecule has 0 fully saturated rings. The molecule has 0 saturated carbocycles. The van der Waals surface area contributed by atoms with Crippen LogP contribution in [0.15, 0.2) is 0 Å². The Balaban J connectivity index is 2.91. The summed E-state index contributed by atoms with van der Waals surface area (Å²) in [5.74, 6) is -1.29. The predicted octanol–water partition coefficient (Wildman–Crippen LogP) is 4.52. The topological polar surface area (TPSA) is 26.3 Å². The van der Waals surface area contributed by atoms with Gasteiger partial charge in [-0.1, -0.05) is 46.4 Å². The van der Waals surface area contributed by atoms with Crippen molar-refractivity contribution in [3.05, 3.63) is 31.2 Å². The van der Waals surface area contributed by atoms with Gasteiger partial charge in [0.05, 0.1) is 25.7 Å². The Bertz CT molecular complexity index is 515. The van der Waals surface area contributed by atoms with Gasteiger partial charge in [0, 0.05) is 0 Å². The lowest BCUT2D eigenvalue weighted by molar-refractivity contribution is -0.199. The maximum atomic E-state index is 13.3. The van der Waals surface area contributed by atoms with E-state index in [0.29, 0.717) is 0 Å². The summed E-state index contributed by atoms with van der Waals surface area (Å²) in [7, 11) is 0. The molecule has 1 heterocycles. The number of hydrogen-bond acceptors (Lipinski definition) is 2. The lowest BCUT2D eigenvalue weighted by atomic mass is 10.1. The molecule has 1 aliphatic rings. The summed E-state index contributed by atoms with van der Waals surface area (Å²) in [5, 5.41) is -1.54. The Kier molecular flexibility index (Phi) is 2.74. The average molecular weight is 308 g/mol. The van der Waals surface area contributed by atoms with Crippen LogP contribution in [0.2, 0.25) is 20.1 Å². The fourth-order valence-corrected chi connectivity index (χ4v) is 2.35. The van der Waals surface area contributed by atoms with Crippen LogP contribution in [0.25, 0.3) is 0 Å². The highest BCUT2D eigenvalue weighted by atomic mass is 35.5. The summed E-state index contributed by atoms with van der Waals surface area (Å²) in [6.45, 7) is 0. The van der Waals surface area contributed by atoms with Crippen molar-refractivity contribution in [2.24, 2.45) is 0 Å². The average Bonchev–Trinajstić information content (AvgIpc) is 2.42. The highest BCUT2D eigenvalue weighted by Crippen LogP contribution is 2.51. The molecule has 0 N–H and O–H groups in total. The Morgan fingerprint density at radius 3 is 2.00 bits per heavy atom. The molecule has 16 heavy (non-hydrogen) atoms. The van der Waals surface area contributed by atoms with Crippen molar-refractivity contribution in [2.75, 3.05) is 0 Å². The van der Waals surface area contributed by atoms with E-state index in [-0.39, 0.29) is 10.0 Å². The number of alkyl halides is 2. The number of esters is 1. The van der Waals surface area contributed by atoms with Crippen molar-refractivity contribution < 1.29 is 18.3 Å². The Morgan fingerprint density at radius 1 is 0.938 bits per heavy atom. The van der Waals surface area contributed by atoms with Crippen molar-refractivity contribution in [1.82, 2.24) is 0 Å². The molecule has 0 atom stereocenters. The molecule has 86 valence electrons. The van der Waals surface area contributed by atoms with Crippen LogP contribution < -0.4 is 0 Å². The molecule has 0 saturated heterocycles. The maximum absolute atomic E-state index is 13.3. The van der Waals surface area contributed by atoms with Gasteiger partial charge in [-0.15, -0.1) is 0 Å². The van der Waals surface area contributed by atoms with E-state index in [0.717, 1.165) is 0 Å². The summed E-state index contributed by atoms with van der Waals surface area (Å²) < 4.78 is 30.3. The standard InChI is InChI=1S/C8Cl4F2O2/c9-3-1-2(4(10)6(12)5(3)11)8(13,14)16-7(1)15. The first-order chi connectivity index (χ1) is 7.27. The van der Waals surface area contributed by atoms with E-state index in [1.165, 1.54) is 0 Å². The molecular weight excluding hydrogens is 308 g/mol. The highest BCUT2D eigenvalue weighted by molar-refractivity contribution is 6.53. The van der Waals surface area contributed by atoms with Crippen LogP contribution in [0.5, 0.6) is 0 Å². The normalized spacial score (nSPS) is 17.2. The van der Waals surface area contributed by atoms with E-state index in [9.17, 15) is 13.6 Å². The molecule has 1 aliphatic heterocycles. The van der Waals surface area contributed by atoms with Crippen molar-refractivity contribution >= 4 is 52.4 Å². The monoisotopic (exact) mass is 306 g/mol. The number of hydrogen-bond donors (Lipinski definition) is 0. The van der Waals surface area contributed by atoms with Crippen LogP contribution in [0.3, 0.4) is 0 Å². The van der Waals surface area contributed by atoms with Gasteiger partial charge in [0.1, 0.15) is 5.56 Å². The summed E-state index contributed by atoms with van der Waals surface area (Å²) in [6, 6.07) is 0. The summed E-state index contributed by atoms with van der Waals surface area (Å²) in [5.41, 5.74) is -1.40. The largest absolute Gasteiger partial charge is 0.431 e. The van der Waals surface area contributed by atoms with Gasteiger partial charge in [0.15, 0.2) is 0 Å². The van der Waals surface area contributed by atoms with E-state index >= 15 is 0 Å². The Hall–Kier alpha value is -0.290. The number of ether oxygens (including phenoxy) is 1. The molecule has 0 radical (unpaired) electrons. The molecule has 0 aromatic heterocycles. The quantitative estimate of drug-likeness (QED) is 0.400. The smallest absolute Gasteiger partial charge is 0.393 e. The lowest BCUT2D eigenvalue weighted by Crippen LogP contribution is -2.12. The van der Waals surface area contributed by atoms with E-state index in [1.54, 1.807) is 0 Å². The minimum Gasteiger partial charge on any atom is -0.393 e. The molecule has 0 amide bonds. The second kappa shape index (κ2) is 3.60. The van der Waals surface area contributed by atoms with Crippen molar-refractivity contribution in [3.8, 4) is 0 Å². The number of halogens is 6. The molecule has 1 aromatic rings.